The summed E-state index contributed by atoms with van der Waals surface area (Å²) in [5, 5.41) is 4.30. The molecule has 5 rings (SSSR count). The minimum atomic E-state index is -0.0443. The van der Waals surface area contributed by atoms with E-state index < -0.39 is 0 Å². The summed E-state index contributed by atoms with van der Waals surface area (Å²) in [6, 6.07) is 29.4. The molecule has 2 aromatic carbocycles. The average Bonchev–Trinajstić information content (AvgIpc) is 3.45. The van der Waals surface area contributed by atoms with Gasteiger partial charge < -0.3 is 19.7 Å². The summed E-state index contributed by atoms with van der Waals surface area (Å²) < 4.78 is 2.26. The molecular formula is C27H27N5S. The van der Waals surface area contributed by atoms with Gasteiger partial charge in [0.05, 0.1) is 17.8 Å². The summed E-state index contributed by atoms with van der Waals surface area (Å²) in [5.74, 6) is 0. The van der Waals surface area contributed by atoms with Gasteiger partial charge in [-0.2, -0.15) is 0 Å². The summed E-state index contributed by atoms with van der Waals surface area (Å²) in [6.07, 6.45) is 3.97. The maximum atomic E-state index is 5.85. The predicted molar refractivity (Wildman–Crippen MR) is 138 cm³/mol. The number of aromatic nitrogens is 2. The molecule has 0 unspecified atom stereocenters. The highest BCUT2D eigenvalue weighted by atomic mass is 32.1. The van der Waals surface area contributed by atoms with E-state index in [1.54, 1.807) is 0 Å². The third-order valence-corrected chi connectivity index (χ3v) is 6.47. The topological polar surface area (TPSA) is 36.3 Å². The van der Waals surface area contributed by atoms with Crippen molar-refractivity contribution in [2.45, 2.75) is 18.6 Å². The number of nitrogens with zero attached hydrogens (tertiary/aromatic N) is 4. The zero-order valence-electron chi connectivity index (χ0n) is 18.8. The molecule has 0 saturated carbocycles. The molecular weight excluding hydrogens is 426 g/mol. The van der Waals surface area contributed by atoms with Gasteiger partial charge in [-0.3, -0.25) is 4.98 Å². The lowest BCUT2D eigenvalue weighted by Crippen LogP contribution is -2.30. The Labute approximate surface area is 200 Å². The Balaban J connectivity index is 1.57. The Bertz CT molecular complexity index is 1220. The summed E-state index contributed by atoms with van der Waals surface area (Å²) in [7, 11) is 4.11. The molecule has 1 saturated heterocycles. The van der Waals surface area contributed by atoms with Crippen LogP contribution in [-0.4, -0.2) is 33.7 Å². The number of rotatable bonds is 6. The molecule has 2 aromatic heterocycles. The number of pyridine rings is 1. The van der Waals surface area contributed by atoms with Gasteiger partial charge in [-0.1, -0.05) is 36.4 Å². The van der Waals surface area contributed by atoms with Crippen LogP contribution in [0.25, 0.3) is 5.69 Å². The van der Waals surface area contributed by atoms with E-state index in [1.165, 1.54) is 16.9 Å². The van der Waals surface area contributed by atoms with Crippen molar-refractivity contribution in [3.63, 3.8) is 0 Å². The molecule has 0 spiro atoms. The standard InChI is InChI=1S/C27H27N5S/c1-30(2)21-13-15-22(16-14-21)31-18-8-12-24(31)26-25(23-11-6-7-17-28-23)29-27(33)32(26)19-20-9-4-3-5-10-20/h3-18,25-26H,19H2,1-2H3,(H,29,33)/t25-,26-/m0/s1. The van der Waals surface area contributed by atoms with Gasteiger partial charge in [-0.05, 0) is 66.3 Å². The molecule has 0 radical (unpaired) electrons. The SMILES string of the molecule is CN(C)c1ccc(-n2cccc2[C@H]2[C@H](c3ccccn3)NC(=S)N2Cc2ccccc2)cc1. The van der Waals surface area contributed by atoms with Gasteiger partial charge in [0.2, 0.25) is 0 Å². The molecule has 1 aliphatic rings. The van der Waals surface area contributed by atoms with Crippen LogP contribution in [0.4, 0.5) is 5.69 Å². The van der Waals surface area contributed by atoms with Crippen molar-refractivity contribution in [1.82, 2.24) is 19.8 Å². The van der Waals surface area contributed by atoms with Gasteiger partial charge in [0.15, 0.2) is 5.11 Å². The lowest BCUT2D eigenvalue weighted by molar-refractivity contribution is 0.302. The third-order valence-electron chi connectivity index (χ3n) is 6.12. The van der Waals surface area contributed by atoms with E-state index in [1.807, 2.05) is 24.4 Å². The van der Waals surface area contributed by atoms with E-state index in [-0.39, 0.29) is 12.1 Å². The van der Waals surface area contributed by atoms with E-state index in [0.717, 1.165) is 23.0 Å². The van der Waals surface area contributed by atoms with Crippen molar-refractivity contribution >= 4 is 23.0 Å². The van der Waals surface area contributed by atoms with E-state index in [4.69, 9.17) is 12.2 Å². The van der Waals surface area contributed by atoms with E-state index in [9.17, 15) is 0 Å². The van der Waals surface area contributed by atoms with Crippen LogP contribution in [0, 0.1) is 0 Å². The first-order chi connectivity index (χ1) is 16.1. The number of hydrogen-bond acceptors (Lipinski definition) is 3. The quantitative estimate of drug-likeness (QED) is 0.411. The fraction of sp³-hybridized carbons (Fsp3) is 0.185. The summed E-state index contributed by atoms with van der Waals surface area (Å²) >= 11 is 5.85. The molecule has 166 valence electrons. The second-order valence-corrected chi connectivity index (χ2v) is 8.84. The maximum Gasteiger partial charge on any atom is 0.170 e. The van der Waals surface area contributed by atoms with Crippen LogP contribution in [0.15, 0.2) is 97.3 Å². The Morgan fingerprint density at radius 2 is 1.67 bits per heavy atom. The summed E-state index contributed by atoms with van der Waals surface area (Å²) in [5.41, 5.74) is 5.68. The lowest BCUT2D eigenvalue weighted by atomic mass is 10.0. The lowest BCUT2D eigenvalue weighted by Gasteiger charge is -2.29. The molecule has 0 aliphatic carbocycles. The molecule has 0 amide bonds. The highest BCUT2D eigenvalue weighted by Crippen LogP contribution is 2.40. The van der Waals surface area contributed by atoms with Crippen LogP contribution in [-0.2, 0) is 6.54 Å². The van der Waals surface area contributed by atoms with Crippen molar-refractivity contribution < 1.29 is 0 Å². The normalized spacial score (nSPS) is 17.8. The third kappa shape index (κ3) is 4.22. The molecule has 1 fully saturated rings. The monoisotopic (exact) mass is 453 g/mol. The fourth-order valence-corrected chi connectivity index (χ4v) is 4.76. The predicted octanol–water partition coefficient (Wildman–Crippen LogP) is 5.11. The van der Waals surface area contributed by atoms with E-state index in [2.05, 4.69) is 112 Å². The van der Waals surface area contributed by atoms with Gasteiger partial charge in [-0.25, -0.2) is 0 Å². The Kier molecular flexibility index (Phi) is 5.84. The van der Waals surface area contributed by atoms with Gasteiger partial charge in [0.1, 0.15) is 0 Å². The number of hydrogen-bond donors (Lipinski definition) is 1. The second-order valence-electron chi connectivity index (χ2n) is 8.45. The van der Waals surface area contributed by atoms with Gasteiger partial charge >= 0.3 is 0 Å². The highest BCUT2D eigenvalue weighted by Gasteiger charge is 2.41. The summed E-state index contributed by atoms with van der Waals surface area (Å²) in [4.78, 5) is 9.06. The van der Waals surface area contributed by atoms with Crippen LogP contribution in [0.3, 0.4) is 0 Å². The summed E-state index contributed by atoms with van der Waals surface area (Å²) in [6.45, 7) is 0.728. The Morgan fingerprint density at radius 3 is 2.36 bits per heavy atom. The molecule has 4 aromatic rings. The molecule has 5 nitrogen and oxygen atoms in total. The zero-order chi connectivity index (χ0) is 22.8. The molecule has 1 aliphatic heterocycles. The van der Waals surface area contributed by atoms with Crippen LogP contribution < -0.4 is 10.2 Å². The van der Waals surface area contributed by atoms with Crippen molar-refractivity contribution in [2.24, 2.45) is 0 Å². The first-order valence-corrected chi connectivity index (χ1v) is 11.5. The first-order valence-electron chi connectivity index (χ1n) is 11.1. The van der Waals surface area contributed by atoms with Gasteiger partial charge in [0.25, 0.3) is 0 Å². The minimum Gasteiger partial charge on any atom is -0.378 e. The number of benzene rings is 2. The second kappa shape index (κ2) is 9.08. The fourth-order valence-electron chi connectivity index (χ4n) is 4.46. The average molecular weight is 454 g/mol. The molecule has 33 heavy (non-hydrogen) atoms. The number of nitrogens with one attached hydrogen (secondary N) is 1. The largest absolute Gasteiger partial charge is 0.378 e. The zero-order valence-corrected chi connectivity index (χ0v) is 19.6. The Hall–Kier alpha value is -3.64. The van der Waals surface area contributed by atoms with E-state index in [0.29, 0.717) is 0 Å². The van der Waals surface area contributed by atoms with Crippen LogP contribution in [0.1, 0.15) is 29.0 Å². The molecule has 6 heteroatoms. The first kappa shape index (κ1) is 21.2. The van der Waals surface area contributed by atoms with Crippen molar-refractivity contribution in [1.29, 1.82) is 0 Å². The van der Waals surface area contributed by atoms with Crippen molar-refractivity contribution in [3.05, 3.63) is 114 Å². The number of anilines is 1. The Morgan fingerprint density at radius 1 is 0.909 bits per heavy atom. The van der Waals surface area contributed by atoms with Gasteiger partial charge in [0, 0.05) is 50.1 Å². The van der Waals surface area contributed by atoms with Crippen molar-refractivity contribution in [2.75, 3.05) is 19.0 Å². The highest BCUT2D eigenvalue weighted by molar-refractivity contribution is 7.80. The molecule has 3 heterocycles. The molecule has 2 atom stereocenters. The van der Waals surface area contributed by atoms with Gasteiger partial charge in [-0.15, -0.1) is 0 Å². The molecule has 0 bridgehead atoms. The smallest absolute Gasteiger partial charge is 0.170 e. The maximum absolute atomic E-state index is 5.85. The van der Waals surface area contributed by atoms with Crippen LogP contribution >= 0.6 is 12.2 Å². The molecule has 1 N–H and O–H groups in total. The number of thiocarbonyl (C=S) groups is 1. The minimum absolute atomic E-state index is 0.00358. The van der Waals surface area contributed by atoms with Crippen LogP contribution in [0.5, 0.6) is 0 Å². The van der Waals surface area contributed by atoms with E-state index >= 15 is 0 Å². The van der Waals surface area contributed by atoms with Crippen LogP contribution in [0.2, 0.25) is 0 Å². The van der Waals surface area contributed by atoms with Crippen molar-refractivity contribution in [3.8, 4) is 5.69 Å².